The summed E-state index contributed by atoms with van der Waals surface area (Å²) in [6.07, 6.45) is 1.50. The summed E-state index contributed by atoms with van der Waals surface area (Å²) in [5.41, 5.74) is 2.40. The maximum atomic E-state index is 11.4. The summed E-state index contributed by atoms with van der Waals surface area (Å²) in [6.45, 7) is 6.08. The highest BCUT2D eigenvalue weighted by atomic mass is 16.1. The second kappa shape index (κ2) is 5.54. The molecule has 2 heteroatoms. The second-order valence-corrected chi connectivity index (χ2v) is 3.95. The van der Waals surface area contributed by atoms with Crippen molar-refractivity contribution in [1.82, 2.24) is 5.32 Å². The molecule has 1 aromatic carbocycles. The number of benzene rings is 1. The summed E-state index contributed by atoms with van der Waals surface area (Å²) in [4.78, 5) is 11.4. The molecule has 0 unspecified atom stereocenters. The van der Waals surface area contributed by atoms with Crippen LogP contribution < -0.4 is 5.32 Å². The molecule has 0 spiro atoms. The van der Waals surface area contributed by atoms with Crippen molar-refractivity contribution < 1.29 is 4.79 Å². The lowest BCUT2D eigenvalue weighted by atomic mass is 10.1. The third kappa shape index (κ3) is 3.74. The van der Waals surface area contributed by atoms with Crippen molar-refractivity contribution in [2.45, 2.75) is 39.7 Å². The Morgan fingerprint density at radius 3 is 2.47 bits per heavy atom. The van der Waals surface area contributed by atoms with E-state index in [1.165, 1.54) is 5.56 Å². The molecule has 0 saturated heterocycles. The van der Waals surface area contributed by atoms with Crippen LogP contribution in [0.25, 0.3) is 0 Å². The van der Waals surface area contributed by atoms with Crippen molar-refractivity contribution in [3.8, 4) is 0 Å². The van der Waals surface area contributed by atoms with Crippen molar-refractivity contribution in [1.29, 1.82) is 0 Å². The number of aryl methyl sites for hydroxylation is 1. The van der Waals surface area contributed by atoms with E-state index in [1.54, 1.807) is 0 Å². The van der Waals surface area contributed by atoms with E-state index in [0.717, 1.165) is 12.0 Å². The number of carbonyl (C=O) groups is 1. The Morgan fingerprint density at radius 2 is 1.93 bits per heavy atom. The number of carbonyl (C=O) groups excluding carboxylic acids is 1. The first-order valence-electron chi connectivity index (χ1n) is 5.49. The lowest BCUT2D eigenvalue weighted by Crippen LogP contribution is -2.26. The first-order valence-corrected chi connectivity index (χ1v) is 5.49. The summed E-state index contributed by atoms with van der Waals surface area (Å²) in [7, 11) is 0. The molecular weight excluding hydrogens is 186 g/mol. The van der Waals surface area contributed by atoms with E-state index in [0.29, 0.717) is 6.42 Å². The van der Waals surface area contributed by atoms with Crippen LogP contribution in [0.15, 0.2) is 24.3 Å². The summed E-state index contributed by atoms with van der Waals surface area (Å²) in [5, 5.41) is 2.98. The summed E-state index contributed by atoms with van der Waals surface area (Å²) in [5.74, 6) is 0.130. The SMILES string of the molecule is CCCC(=O)N[C@@H](C)c1ccc(C)cc1. The van der Waals surface area contributed by atoms with Gasteiger partial charge in [0.1, 0.15) is 0 Å². The van der Waals surface area contributed by atoms with Gasteiger partial charge in [0, 0.05) is 6.42 Å². The minimum absolute atomic E-state index is 0.102. The third-order valence-electron chi connectivity index (χ3n) is 2.43. The Morgan fingerprint density at radius 1 is 1.33 bits per heavy atom. The zero-order chi connectivity index (χ0) is 11.3. The molecule has 15 heavy (non-hydrogen) atoms. The minimum atomic E-state index is 0.102. The normalized spacial score (nSPS) is 12.2. The van der Waals surface area contributed by atoms with Gasteiger partial charge in [-0.15, -0.1) is 0 Å². The van der Waals surface area contributed by atoms with Gasteiger partial charge in [-0.3, -0.25) is 4.79 Å². The predicted octanol–water partition coefficient (Wildman–Crippen LogP) is 2.97. The van der Waals surface area contributed by atoms with Gasteiger partial charge in [0.2, 0.25) is 5.91 Å². The molecule has 1 rings (SSSR count). The number of hydrogen-bond acceptors (Lipinski definition) is 1. The molecule has 0 saturated carbocycles. The topological polar surface area (TPSA) is 29.1 Å². The summed E-state index contributed by atoms with van der Waals surface area (Å²) in [6, 6.07) is 8.36. The van der Waals surface area contributed by atoms with Crippen LogP contribution in [0, 0.1) is 6.92 Å². The van der Waals surface area contributed by atoms with Gasteiger partial charge in [0.05, 0.1) is 6.04 Å². The van der Waals surface area contributed by atoms with Gasteiger partial charge < -0.3 is 5.32 Å². The van der Waals surface area contributed by atoms with Gasteiger partial charge in [0.15, 0.2) is 0 Å². The average Bonchev–Trinajstić information content (AvgIpc) is 2.18. The van der Waals surface area contributed by atoms with Crippen LogP contribution in [0.1, 0.15) is 43.9 Å². The van der Waals surface area contributed by atoms with Gasteiger partial charge in [-0.05, 0) is 25.8 Å². The third-order valence-corrected chi connectivity index (χ3v) is 2.43. The smallest absolute Gasteiger partial charge is 0.220 e. The predicted molar refractivity (Wildman–Crippen MR) is 62.6 cm³/mol. The molecule has 1 N–H and O–H groups in total. The number of amides is 1. The number of hydrogen-bond donors (Lipinski definition) is 1. The van der Waals surface area contributed by atoms with Crippen molar-refractivity contribution in [2.75, 3.05) is 0 Å². The zero-order valence-corrected chi connectivity index (χ0v) is 9.71. The second-order valence-electron chi connectivity index (χ2n) is 3.95. The van der Waals surface area contributed by atoms with Crippen LogP contribution in [0.5, 0.6) is 0 Å². The Hall–Kier alpha value is -1.31. The quantitative estimate of drug-likeness (QED) is 0.804. The molecule has 0 aliphatic heterocycles. The van der Waals surface area contributed by atoms with Crippen molar-refractivity contribution >= 4 is 5.91 Å². The molecule has 0 aliphatic carbocycles. The van der Waals surface area contributed by atoms with Crippen LogP contribution in [-0.4, -0.2) is 5.91 Å². The fraction of sp³-hybridized carbons (Fsp3) is 0.462. The van der Waals surface area contributed by atoms with Crippen LogP contribution in [0.2, 0.25) is 0 Å². The molecular formula is C13H19NO. The van der Waals surface area contributed by atoms with E-state index < -0.39 is 0 Å². The molecule has 0 heterocycles. The molecule has 0 aromatic heterocycles. The average molecular weight is 205 g/mol. The summed E-state index contributed by atoms with van der Waals surface area (Å²) < 4.78 is 0. The Bertz CT molecular complexity index is 316. The van der Waals surface area contributed by atoms with Crippen LogP contribution >= 0.6 is 0 Å². The molecule has 1 aromatic rings. The Kier molecular flexibility index (Phi) is 4.35. The largest absolute Gasteiger partial charge is 0.350 e. The number of nitrogens with one attached hydrogen (secondary N) is 1. The summed E-state index contributed by atoms with van der Waals surface area (Å²) >= 11 is 0. The van der Waals surface area contributed by atoms with E-state index in [9.17, 15) is 4.79 Å². The van der Waals surface area contributed by atoms with Gasteiger partial charge in [-0.2, -0.15) is 0 Å². The van der Waals surface area contributed by atoms with Crippen LogP contribution in [-0.2, 0) is 4.79 Å². The monoisotopic (exact) mass is 205 g/mol. The van der Waals surface area contributed by atoms with E-state index >= 15 is 0 Å². The fourth-order valence-electron chi connectivity index (χ4n) is 1.48. The van der Waals surface area contributed by atoms with Crippen molar-refractivity contribution in [2.24, 2.45) is 0 Å². The zero-order valence-electron chi connectivity index (χ0n) is 9.71. The molecule has 82 valence electrons. The fourth-order valence-corrected chi connectivity index (χ4v) is 1.48. The van der Waals surface area contributed by atoms with E-state index in [1.807, 2.05) is 13.8 Å². The van der Waals surface area contributed by atoms with Gasteiger partial charge in [-0.1, -0.05) is 36.8 Å². The first-order chi connectivity index (χ1) is 7.13. The van der Waals surface area contributed by atoms with Crippen molar-refractivity contribution in [3.63, 3.8) is 0 Å². The van der Waals surface area contributed by atoms with Gasteiger partial charge in [-0.25, -0.2) is 0 Å². The number of rotatable bonds is 4. The highest BCUT2D eigenvalue weighted by molar-refractivity contribution is 5.76. The van der Waals surface area contributed by atoms with E-state index in [2.05, 4.69) is 36.5 Å². The highest BCUT2D eigenvalue weighted by Gasteiger charge is 2.07. The molecule has 1 atom stereocenters. The maximum absolute atomic E-state index is 11.4. The minimum Gasteiger partial charge on any atom is -0.350 e. The van der Waals surface area contributed by atoms with Crippen molar-refractivity contribution in [3.05, 3.63) is 35.4 Å². The van der Waals surface area contributed by atoms with Gasteiger partial charge >= 0.3 is 0 Å². The Labute approximate surface area is 91.7 Å². The molecule has 0 radical (unpaired) electrons. The molecule has 1 amide bonds. The van der Waals surface area contributed by atoms with E-state index in [4.69, 9.17) is 0 Å². The standard InChI is InChI=1S/C13H19NO/c1-4-5-13(15)14-11(3)12-8-6-10(2)7-9-12/h6-9,11H,4-5H2,1-3H3,(H,14,15)/t11-/m0/s1. The molecule has 0 fully saturated rings. The van der Waals surface area contributed by atoms with Crippen LogP contribution in [0.3, 0.4) is 0 Å². The van der Waals surface area contributed by atoms with E-state index in [-0.39, 0.29) is 11.9 Å². The molecule has 0 aliphatic rings. The van der Waals surface area contributed by atoms with Crippen LogP contribution in [0.4, 0.5) is 0 Å². The lowest BCUT2D eigenvalue weighted by Gasteiger charge is -2.14. The van der Waals surface area contributed by atoms with Gasteiger partial charge in [0.25, 0.3) is 0 Å². The highest BCUT2D eigenvalue weighted by Crippen LogP contribution is 2.13. The molecule has 2 nitrogen and oxygen atoms in total. The lowest BCUT2D eigenvalue weighted by molar-refractivity contribution is -0.121. The maximum Gasteiger partial charge on any atom is 0.220 e. The Balaban J connectivity index is 2.57. The molecule has 0 bridgehead atoms. The first kappa shape index (κ1) is 11.8.